The first-order valence-corrected chi connectivity index (χ1v) is 6.21. The zero-order valence-electron chi connectivity index (χ0n) is 10.1. The van der Waals surface area contributed by atoms with Gasteiger partial charge in [0, 0.05) is 38.0 Å². The summed E-state index contributed by atoms with van der Waals surface area (Å²) in [6.45, 7) is 4.28. The number of nitrogens with one attached hydrogen (secondary N) is 1. The average Bonchev–Trinajstić information content (AvgIpc) is 2.76. The van der Waals surface area contributed by atoms with Gasteiger partial charge in [-0.2, -0.15) is 0 Å². The molecule has 1 atom stereocenters. The molecule has 0 radical (unpaired) electrons. The standard InChI is InChI=1S/C10H16N4OS.2ClH/c1-7(15)12-10-13-9(6-16-10)5-14-3-2-8(11)4-14;;/h6,8H,2-5,11H2,1H3,(H,12,13,15);2*1H. The molecule has 1 amide bonds. The number of hydrogen-bond acceptors (Lipinski definition) is 5. The number of rotatable bonds is 3. The third kappa shape index (κ3) is 5.07. The Kier molecular flexibility index (Phi) is 7.73. The lowest BCUT2D eigenvalue weighted by atomic mass is 10.3. The Morgan fingerprint density at radius 3 is 2.94 bits per heavy atom. The van der Waals surface area contributed by atoms with Crippen LogP contribution in [0.15, 0.2) is 5.38 Å². The average molecular weight is 313 g/mol. The van der Waals surface area contributed by atoms with Crippen molar-refractivity contribution in [3.63, 3.8) is 0 Å². The SMILES string of the molecule is CC(=O)Nc1nc(CN2CCC(N)C2)cs1.Cl.Cl. The van der Waals surface area contributed by atoms with Crippen LogP contribution in [0, 0.1) is 0 Å². The highest BCUT2D eigenvalue weighted by Crippen LogP contribution is 2.18. The van der Waals surface area contributed by atoms with Crippen LogP contribution in [0.4, 0.5) is 5.13 Å². The van der Waals surface area contributed by atoms with Crippen molar-refractivity contribution in [2.75, 3.05) is 18.4 Å². The number of carbonyl (C=O) groups excluding carboxylic acids is 1. The molecule has 1 saturated heterocycles. The molecule has 18 heavy (non-hydrogen) atoms. The Bertz CT molecular complexity index is 388. The molecule has 1 aliphatic heterocycles. The summed E-state index contributed by atoms with van der Waals surface area (Å²) in [4.78, 5) is 17.5. The van der Waals surface area contributed by atoms with Gasteiger partial charge < -0.3 is 11.1 Å². The molecule has 0 bridgehead atoms. The maximum atomic E-state index is 10.8. The molecule has 0 spiro atoms. The predicted octanol–water partition coefficient (Wildman–Crippen LogP) is 1.48. The van der Waals surface area contributed by atoms with Gasteiger partial charge >= 0.3 is 0 Å². The van der Waals surface area contributed by atoms with Crippen LogP contribution in [-0.2, 0) is 11.3 Å². The minimum absolute atomic E-state index is 0. The molecular formula is C10H18Cl2N4OS. The van der Waals surface area contributed by atoms with E-state index < -0.39 is 0 Å². The van der Waals surface area contributed by atoms with Gasteiger partial charge in [0.25, 0.3) is 0 Å². The highest BCUT2D eigenvalue weighted by molar-refractivity contribution is 7.13. The van der Waals surface area contributed by atoms with Crippen LogP contribution >= 0.6 is 36.2 Å². The van der Waals surface area contributed by atoms with Gasteiger partial charge in [-0.15, -0.1) is 36.2 Å². The van der Waals surface area contributed by atoms with Gasteiger partial charge in [-0.25, -0.2) is 4.98 Å². The number of carbonyl (C=O) groups is 1. The Morgan fingerprint density at radius 2 is 2.39 bits per heavy atom. The number of aromatic nitrogens is 1. The van der Waals surface area contributed by atoms with E-state index in [1.807, 2.05) is 5.38 Å². The van der Waals surface area contributed by atoms with Crippen LogP contribution in [0.3, 0.4) is 0 Å². The summed E-state index contributed by atoms with van der Waals surface area (Å²) in [7, 11) is 0. The quantitative estimate of drug-likeness (QED) is 0.887. The predicted molar refractivity (Wildman–Crippen MR) is 78.8 cm³/mol. The van der Waals surface area contributed by atoms with E-state index >= 15 is 0 Å². The smallest absolute Gasteiger partial charge is 0.223 e. The fourth-order valence-electron chi connectivity index (χ4n) is 1.82. The van der Waals surface area contributed by atoms with Gasteiger partial charge in [0.15, 0.2) is 5.13 Å². The van der Waals surface area contributed by atoms with Crippen molar-refractivity contribution in [2.24, 2.45) is 5.73 Å². The molecule has 1 aromatic heterocycles. The molecular weight excluding hydrogens is 295 g/mol. The normalized spacial score (nSPS) is 18.9. The molecule has 1 fully saturated rings. The van der Waals surface area contributed by atoms with E-state index in [0.29, 0.717) is 11.2 Å². The lowest BCUT2D eigenvalue weighted by molar-refractivity contribution is -0.114. The molecule has 0 aromatic carbocycles. The molecule has 8 heteroatoms. The van der Waals surface area contributed by atoms with Crippen molar-refractivity contribution in [2.45, 2.75) is 25.9 Å². The number of halogens is 2. The van der Waals surface area contributed by atoms with Crippen molar-refractivity contribution in [1.29, 1.82) is 0 Å². The topological polar surface area (TPSA) is 71.2 Å². The third-order valence-corrected chi connectivity index (χ3v) is 3.34. The number of thiazole rings is 1. The van der Waals surface area contributed by atoms with Crippen LogP contribution in [-0.4, -0.2) is 34.9 Å². The summed E-state index contributed by atoms with van der Waals surface area (Å²) in [6.07, 6.45) is 1.06. The van der Waals surface area contributed by atoms with Crippen molar-refractivity contribution in [3.05, 3.63) is 11.1 Å². The second kappa shape index (κ2) is 7.91. The van der Waals surface area contributed by atoms with Crippen LogP contribution < -0.4 is 11.1 Å². The highest BCUT2D eigenvalue weighted by atomic mass is 35.5. The lowest BCUT2D eigenvalue weighted by Gasteiger charge is -2.12. The molecule has 0 saturated carbocycles. The van der Waals surface area contributed by atoms with Crippen molar-refractivity contribution in [1.82, 2.24) is 9.88 Å². The van der Waals surface area contributed by atoms with Gasteiger partial charge in [-0.05, 0) is 6.42 Å². The molecule has 1 unspecified atom stereocenters. The molecule has 3 N–H and O–H groups in total. The fourth-order valence-corrected chi connectivity index (χ4v) is 2.57. The van der Waals surface area contributed by atoms with Crippen molar-refractivity contribution >= 4 is 47.2 Å². The number of amides is 1. The van der Waals surface area contributed by atoms with Crippen LogP contribution in [0.2, 0.25) is 0 Å². The zero-order chi connectivity index (χ0) is 11.5. The Labute approximate surface area is 123 Å². The van der Waals surface area contributed by atoms with Gasteiger partial charge in [-0.3, -0.25) is 9.69 Å². The number of nitrogens with two attached hydrogens (primary N) is 1. The Hall–Kier alpha value is -0.400. The molecule has 2 heterocycles. The minimum atomic E-state index is -0.0795. The van der Waals surface area contributed by atoms with E-state index in [1.165, 1.54) is 18.3 Å². The first kappa shape index (κ1) is 17.6. The Balaban J connectivity index is 0.00000144. The van der Waals surface area contributed by atoms with Gasteiger partial charge in [0.1, 0.15) is 0 Å². The number of hydrogen-bond donors (Lipinski definition) is 2. The first-order valence-electron chi connectivity index (χ1n) is 5.33. The highest BCUT2D eigenvalue weighted by Gasteiger charge is 2.19. The maximum absolute atomic E-state index is 10.8. The second-order valence-corrected chi connectivity index (χ2v) is 4.97. The minimum Gasteiger partial charge on any atom is -0.326 e. The fraction of sp³-hybridized carbons (Fsp3) is 0.600. The summed E-state index contributed by atoms with van der Waals surface area (Å²) >= 11 is 1.46. The third-order valence-electron chi connectivity index (χ3n) is 2.53. The van der Waals surface area contributed by atoms with Crippen molar-refractivity contribution < 1.29 is 4.79 Å². The van der Waals surface area contributed by atoms with E-state index in [2.05, 4.69) is 15.2 Å². The molecule has 1 aromatic rings. The van der Waals surface area contributed by atoms with Crippen molar-refractivity contribution in [3.8, 4) is 0 Å². The monoisotopic (exact) mass is 312 g/mol. The van der Waals surface area contributed by atoms with Crippen LogP contribution in [0.25, 0.3) is 0 Å². The number of likely N-dealkylation sites (tertiary alicyclic amines) is 1. The van der Waals surface area contributed by atoms with Gasteiger partial charge in [0.05, 0.1) is 5.69 Å². The van der Waals surface area contributed by atoms with E-state index in [0.717, 1.165) is 31.7 Å². The summed E-state index contributed by atoms with van der Waals surface area (Å²) in [5, 5.41) is 5.34. The summed E-state index contributed by atoms with van der Waals surface area (Å²) in [5.74, 6) is -0.0795. The van der Waals surface area contributed by atoms with E-state index in [4.69, 9.17) is 5.73 Å². The first-order chi connectivity index (χ1) is 7.63. The molecule has 104 valence electrons. The molecule has 0 aliphatic carbocycles. The van der Waals surface area contributed by atoms with Crippen LogP contribution in [0.5, 0.6) is 0 Å². The van der Waals surface area contributed by atoms with E-state index in [1.54, 1.807) is 0 Å². The molecule has 1 aliphatic rings. The largest absolute Gasteiger partial charge is 0.326 e. The summed E-state index contributed by atoms with van der Waals surface area (Å²) in [6, 6.07) is 0.299. The summed E-state index contributed by atoms with van der Waals surface area (Å²) < 4.78 is 0. The van der Waals surface area contributed by atoms with Crippen LogP contribution in [0.1, 0.15) is 19.0 Å². The lowest BCUT2D eigenvalue weighted by Crippen LogP contribution is -2.26. The van der Waals surface area contributed by atoms with Gasteiger partial charge in [-0.1, -0.05) is 0 Å². The van der Waals surface area contributed by atoms with Gasteiger partial charge in [0.2, 0.25) is 5.91 Å². The second-order valence-electron chi connectivity index (χ2n) is 4.11. The molecule has 5 nitrogen and oxygen atoms in total. The number of anilines is 1. The van der Waals surface area contributed by atoms with E-state index in [9.17, 15) is 4.79 Å². The number of nitrogens with zero attached hydrogens (tertiary/aromatic N) is 2. The maximum Gasteiger partial charge on any atom is 0.223 e. The molecule has 2 rings (SSSR count). The summed E-state index contributed by atoms with van der Waals surface area (Å²) in [5.41, 5.74) is 6.84. The van der Waals surface area contributed by atoms with E-state index in [-0.39, 0.29) is 30.7 Å². The Morgan fingerprint density at radius 1 is 1.67 bits per heavy atom. The zero-order valence-corrected chi connectivity index (χ0v) is 12.5.